The second kappa shape index (κ2) is 6.11. The molecule has 1 saturated heterocycles. The van der Waals surface area contributed by atoms with Gasteiger partial charge in [-0.2, -0.15) is 0 Å². The summed E-state index contributed by atoms with van der Waals surface area (Å²) in [5.41, 5.74) is 2.86. The smallest absolute Gasteiger partial charge is 0.0476 e. The van der Waals surface area contributed by atoms with E-state index < -0.39 is 0 Å². The third-order valence-corrected chi connectivity index (χ3v) is 4.55. The maximum Gasteiger partial charge on any atom is 0.0476 e. The van der Waals surface area contributed by atoms with Crippen LogP contribution in [0.1, 0.15) is 38.3 Å². The Morgan fingerprint density at radius 3 is 2.65 bits per heavy atom. The van der Waals surface area contributed by atoms with Crippen LogP contribution in [-0.2, 0) is 0 Å². The zero-order valence-electron chi connectivity index (χ0n) is 12.7. The van der Waals surface area contributed by atoms with E-state index in [9.17, 15) is 0 Å². The SMILES string of the molecule is CC(C)=CCN1CC(C2CC2)NCC1c1ccccc1. The lowest BCUT2D eigenvalue weighted by molar-refractivity contribution is 0.136. The summed E-state index contributed by atoms with van der Waals surface area (Å²) in [7, 11) is 0. The van der Waals surface area contributed by atoms with Crippen LogP contribution < -0.4 is 5.32 Å². The van der Waals surface area contributed by atoms with Crippen molar-refractivity contribution < 1.29 is 0 Å². The van der Waals surface area contributed by atoms with Crippen LogP contribution in [0.5, 0.6) is 0 Å². The van der Waals surface area contributed by atoms with E-state index in [1.807, 2.05) is 0 Å². The first-order chi connectivity index (χ1) is 9.74. The summed E-state index contributed by atoms with van der Waals surface area (Å²) in [5.74, 6) is 0.931. The van der Waals surface area contributed by atoms with Gasteiger partial charge < -0.3 is 5.32 Å². The van der Waals surface area contributed by atoms with Gasteiger partial charge in [-0.1, -0.05) is 42.0 Å². The molecule has 2 aliphatic rings. The zero-order valence-corrected chi connectivity index (χ0v) is 12.7. The van der Waals surface area contributed by atoms with Crippen molar-refractivity contribution in [2.24, 2.45) is 5.92 Å². The molecule has 0 spiro atoms. The molecule has 1 heterocycles. The van der Waals surface area contributed by atoms with Crippen molar-refractivity contribution in [2.75, 3.05) is 19.6 Å². The molecule has 2 atom stereocenters. The highest BCUT2D eigenvalue weighted by atomic mass is 15.2. The molecule has 1 aliphatic carbocycles. The van der Waals surface area contributed by atoms with Gasteiger partial charge in [0.25, 0.3) is 0 Å². The van der Waals surface area contributed by atoms with Crippen LogP contribution in [0, 0.1) is 5.92 Å². The molecular formula is C18H26N2. The Labute approximate surface area is 122 Å². The summed E-state index contributed by atoms with van der Waals surface area (Å²) in [6.45, 7) is 7.73. The van der Waals surface area contributed by atoms with Crippen LogP contribution in [0.2, 0.25) is 0 Å². The number of nitrogens with one attached hydrogen (secondary N) is 1. The minimum absolute atomic E-state index is 0.516. The van der Waals surface area contributed by atoms with Crippen molar-refractivity contribution in [2.45, 2.75) is 38.8 Å². The highest BCUT2D eigenvalue weighted by Crippen LogP contribution is 2.36. The van der Waals surface area contributed by atoms with Crippen LogP contribution in [0.15, 0.2) is 42.0 Å². The van der Waals surface area contributed by atoms with E-state index in [2.05, 4.69) is 60.5 Å². The molecular weight excluding hydrogens is 244 g/mol. The van der Waals surface area contributed by atoms with Gasteiger partial charge in [0, 0.05) is 31.7 Å². The Morgan fingerprint density at radius 1 is 1.25 bits per heavy atom. The van der Waals surface area contributed by atoms with Crippen LogP contribution in [-0.4, -0.2) is 30.6 Å². The molecule has 1 aromatic rings. The largest absolute Gasteiger partial charge is 0.311 e. The molecule has 1 aromatic carbocycles. The number of nitrogens with zero attached hydrogens (tertiary/aromatic N) is 1. The van der Waals surface area contributed by atoms with Crippen LogP contribution in [0.4, 0.5) is 0 Å². The predicted molar refractivity (Wildman–Crippen MR) is 84.7 cm³/mol. The maximum absolute atomic E-state index is 3.78. The molecule has 2 fully saturated rings. The van der Waals surface area contributed by atoms with Gasteiger partial charge in [0.15, 0.2) is 0 Å². The first-order valence-corrected chi connectivity index (χ1v) is 7.90. The second-order valence-electron chi connectivity index (χ2n) is 6.51. The highest BCUT2D eigenvalue weighted by Gasteiger charge is 2.37. The van der Waals surface area contributed by atoms with Crippen molar-refractivity contribution >= 4 is 0 Å². The van der Waals surface area contributed by atoms with Gasteiger partial charge in [0.2, 0.25) is 0 Å². The zero-order chi connectivity index (χ0) is 13.9. The third kappa shape index (κ3) is 3.31. The number of rotatable bonds is 4. The summed E-state index contributed by atoms with van der Waals surface area (Å²) >= 11 is 0. The lowest BCUT2D eigenvalue weighted by Gasteiger charge is -2.40. The minimum Gasteiger partial charge on any atom is -0.311 e. The standard InChI is InChI=1S/C18H26N2/c1-14(2)10-11-20-13-17(15-8-9-15)19-12-18(20)16-6-4-3-5-7-16/h3-7,10,15,17-19H,8-9,11-13H2,1-2H3. The Hall–Kier alpha value is -1.12. The summed E-state index contributed by atoms with van der Waals surface area (Å²) < 4.78 is 0. The van der Waals surface area contributed by atoms with Gasteiger partial charge in [0.05, 0.1) is 0 Å². The molecule has 2 unspecified atom stereocenters. The molecule has 108 valence electrons. The lowest BCUT2D eigenvalue weighted by atomic mass is 9.99. The molecule has 0 amide bonds. The molecule has 20 heavy (non-hydrogen) atoms. The predicted octanol–water partition coefficient (Wildman–Crippen LogP) is 3.38. The van der Waals surface area contributed by atoms with E-state index in [4.69, 9.17) is 0 Å². The van der Waals surface area contributed by atoms with E-state index >= 15 is 0 Å². The van der Waals surface area contributed by atoms with Gasteiger partial charge in [0.1, 0.15) is 0 Å². The monoisotopic (exact) mass is 270 g/mol. The lowest BCUT2D eigenvalue weighted by Crippen LogP contribution is -2.53. The Bertz CT molecular complexity index is 458. The molecule has 1 aliphatic heterocycles. The summed E-state index contributed by atoms with van der Waals surface area (Å²) in [4.78, 5) is 2.65. The van der Waals surface area contributed by atoms with Crippen LogP contribution in [0.3, 0.4) is 0 Å². The topological polar surface area (TPSA) is 15.3 Å². The fraction of sp³-hybridized carbons (Fsp3) is 0.556. The first-order valence-electron chi connectivity index (χ1n) is 7.90. The van der Waals surface area contributed by atoms with Crippen molar-refractivity contribution in [3.05, 3.63) is 47.5 Å². The van der Waals surface area contributed by atoms with E-state index in [1.54, 1.807) is 0 Å². The fourth-order valence-corrected chi connectivity index (χ4v) is 3.16. The van der Waals surface area contributed by atoms with E-state index in [0.717, 1.165) is 19.0 Å². The minimum atomic E-state index is 0.516. The van der Waals surface area contributed by atoms with Gasteiger partial charge in [-0.3, -0.25) is 4.90 Å². The van der Waals surface area contributed by atoms with Crippen LogP contribution in [0.25, 0.3) is 0 Å². The number of benzene rings is 1. The number of hydrogen-bond acceptors (Lipinski definition) is 2. The molecule has 2 heteroatoms. The molecule has 0 aromatic heterocycles. The Balaban J connectivity index is 1.74. The number of allylic oxidation sites excluding steroid dienone is 1. The summed E-state index contributed by atoms with van der Waals surface area (Å²) in [6.07, 6.45) is 5.21. The van der Waals surface area contributed by atoms with E-state index in [0.29, 0.717) is 12.1 Å². The second-order valence-corrected chi connectivity index (χ2v) is 6.51. The number of hydrogen-bond donors (Lipinski definition) is 1. The average Bonchev–Trinajstić information content (AvgIpc) is 3.30. The normalized spacial score (nSPS) is 27.3. The number of piperazine rings is 1. The van der Waals surface area contributed by atoms with Gasteiger partial charge in [-0.25, -0.2) is 0 Å². The van der Waals surface area contributed by atoms with Crippen molar-refractivity contribution in [1.82, 2.24) is 10.2 Å². The maximum atomic E-state index is 3.78. The van der Waals surface area contributed by atoms with Crippen LogP contribution >= 0.6 is 0 Å². The van der Waals surface area contributed by atoms with Crippen molar-refractivity contribution in [3.8, 4) is 0 Å². The molecule has 1 saturated carbocycles. The van der Waals surface area contributed by atoms with Gasteiger partial charge in [-0.05, 0) is 38.2 Å². The fourth-order valence-electron chi connectivity index (χ4n) is 3.16. The van der Waals surface area contributed by atoms with Gasteiger partial charge >= 0.3 is 0 Å². The van der Waals surface area contributed by atoms with Crippen molar-refractivity contribution in [1.29, 1.82) is 0 Å². The summed E-state index contributed by atoms with van der Waals surface area (Å²) in [6, 6.07) is 12.2. The van der Waals surface area contributed by atoms with Gasteiger partial charge in [-0.15, -0.1) is 0 Å². The van der Waals surface area contributed by atoms with E-state index in [-0.39, 0.29) is 0 Å². The molecule has 2 nitrogen and oxygen atoms in total. The molecule has 0 bridgehead atoms. The summed E-state index contributed by atoms with van der Waals surface area (Å²) in [5, 5.41) is 3.78. The quantitative estimate of drug-likeness (QED) is 0.844. The first kappa shape index (κ1) is 13.8. The van der Waals surface area contributed by atoms with E-state index in [1.165, 1.54) is 30.5 Å². The van der Waals surface area contributed by atoms with Crippen molar-refractivity contribution in [3.63, 3.8) is 0 Å². The Kier molecular flexibility index (Phi) is 4.23. The average molecular weight is 270 g/mol. The highest BCUT2D eigenvalue weighted by molar-refractivity contribution is 5.21. The Morgan fingerprint density at radius 2 is 2.00 bits per heavy atom. The molecule has 1 N–H and O–H groups in total. The molecule has 3 rings (SSSR count). The molecule has 0 radical (unpaired) electrons. The third-order valence-electron chi connectivity index (χ3n) is 4.55.